The van der Waals surface area contributed by atoms with E-state index in [1.165, 1.54) is 26.7 Å². The van der Waals surface area contributed by atoms with E-state index in [9.17, 15) is 0 Å². The Kier molecular flexibility index (Phi) is 3.08. The summed E-state index contributed by atoms with van der Waals surface area (Å²) in [6.45, 7) is 2.21. The molecule has 94 valence electrons. The highest BCUT2D eigenvalue weighted by atomic mass is 32.1. The van der Waals surface area contributed by atoms with Gasteiger partial charge in [0.05, 0.1) is 17.8 Å². The fraction of sp³-hybridized carbons (Fsp3) is 0.400. The standard InChI is InChI=1S/C15H17NOS/c1-3-4-14-16-15-12-9-11(17-2)7-5-10(12)6-8-13(15)18-14/h5,7,9H,3-4,6,8H2,1-2H3. The van der Waals surface area contributed by atoms with E-state index in [-0.39, 0.29) is 0 Å². The van der Waals surface area contributed by atoms with Gasteiger partial charge in [-0.2, -0.15) is 0 Å². The lowest BCUT2D eigenvalue weighted by Crippen LogP contribution is -2.02. The number of hydrogen-bond acceptors (Lipinski definition) is 3. The van der Waals surface area contributed by atoms with Crippen LogP contribution in [0.15, 0.2) is 18.2 Å². The summed E-state index contributed by atoms with van der Waals surface area (Å²) in [5.41, 5.74) is 3.87. The van der Waals surface area contributed by atoms with Crippen molar-refractivity contribution in [3.63, 3.8) is 0 Å². The number of ether oxygens (including phenoxy) is 1. The first kappa shape index (κ1) is 11.7. The van der Waals surface area contributed by atoms with Gasteiger partial charge in [-0.3, -0.25) is 0 Å². The smallest absolute Gasteiger partial charge is 0.119 e. The van der Waals surface area contributed by atoms with Crippen molar-refractivity contribution < 1.29 is 4.74 Å². The third-order valence-corrected chi connectivity index (χ3v) is 4.57. The van der Waals surface area contributed by atoms with Crippen molar-refractivity contribution in [2.75, 3.05) is 7.11 Å². The number of methoxy groups -OCH3 is 1. The minimum absolute atomic E-state index is 0.923. The largest absolute Gasteiger partial charge is 0.497 e. The molecule has 1 aliphatic rings. The number of hydrogen-bond donors (Lipinski definition) is 0. The van der Waals surface area contributed by atoms with Gasteiger partial charge in [-0.1, -0.05) is 13.0 Å². The van der Waals surface area contributed by atoms with Crippen LogP contribution in [0.1, 0.15) is 28.8 Å². The van der Waals surface area contributed by atoms with Crippen LogP contribution < -0.4 is 4.74 Å². The number of aryl methyl sites for hydroxylation is 3. The van der Waals surface area contributed by atoms with Crippen LogP contribution in [0.3, 0.4) is 0 Å². The van der Waals surface area contributed by atoms with Gasteiger partial charge in [0, 0.05) is 10.4 Å². The summed E-state index contributed by atoms with van der Waals surface area (Å²) >= 11 is 1.89. The molecule has 1 heterocycles. The van der Waals surface area contributed by atoms with Crippen LogP contribution >= 0.6 is 11.3 Å². The molecule has 0 aliphatic heterocycles. The maximum absolute atomic E-state index is 5.33. The Morgan fingerprint density at radius 1 is 1.33 bits per heavy atom. The molecule has 3 rings (SSSR count). The van der Waals surface area contributed by atoms with E-state index in [1.807, 2.05) is 17.4 Å². The Morgan fingerprint density at radius 3 is 3.00 bits per heavy atom. The van der Waals surface area contributed by atoms with Crippen LogP contribution in [-0.2, 0) is 19.3 Å². The minimum Gasteiger partial charge on any atom is -0.497 e. The molecule has 0 N–H and O–H groups in total. The summed E-state index contributed by atoms with van der Waals surface area (Å²) in [7, 11) is 1.72. The zero-order valence-electron chi connectivity index (χ0n) is 10.8. The Morgan fingerprint density at radius 2 is 2.22 bits per heavy atom. The van der Waals surface area contributed by atoms with Crippen LogP contribution in [-0.4, -0.2) is 12.1 Å². The van der Waals surface area contributed by atoms with Crippen molar-refractivity contribution in [1.82, 2.24) is 4.98 Å². The first-order valence-corrected chi connectivity index (χ1v) is 7.29. The highest BCUT2D eigenvalue weighted by Gasteiger charge is 2.21. The summed E-state index contributed by atoms with van der Waals surface area (Å²) in [5.74, 6) is 0.923. The zero-order valence-corrected chi connectivity index (χ0v) is 11.6. The molecular weight excluding hydrogens is 242 g/mol. The Hall–Kier alpha value is -1.35. The van der Waals surface area contributed by atoms with E-state index in [2.05, 4.69) is 19.1 Å². The highest BCUT2D eigenvalue weighted by molar-refractivity contribution is 7.12. The fourth-order valence-electron chi connectivity index (χ4n) is 2.47. The molecule has 0 amide bonds. The molecule has 0 atom stereocenters. The van der Waals surface area contributed by atoms with E-state index >= 15 is 0 Å². The van der Waals surface area contributed by atoms with Crippen LogP contribution in [0, 0.1) is 0 Å². The lowest BCUT2D eigenvalue weighted by Gasteiger charge is -2.15. The van der Waals surface area contributed by atoms with Crippen LogP contribution in [0.5, 0.6) is 5.75 Å². The molecule has 0 unspecified atom stereocenters. The molecule has 2 aromatic rings. The van der Waals surface area contributed by atoms with Crippen molar-refractivity contribution in [2.24, 2.45) is 0 Å². The number of benzene rings is 1. The molecular formula is C15H17NOS. The average Bonchev–Trinajstić information content (AvgIpc) is 2.81. The topological polar surface area (TPSA) is 22.1 Å². The van der Waals surface area contributed by atoms with Gasteiger partial charge in [-0.15, -0.1) is 11.3 Å². The minimum atomic E-state index is 0.923. The lowest BCUT2D eigenvalue weighted by atomic mass is 9.93. The van der Waals surface area contributed by atoms with Crippen molar-refractivity contribution in [1.29, 1.82) is 0 Å². The average molecular weight is 259 g/mol. The first-order chi connectivity index (χ1) is 8.81. The number of aromatic nitrogens is 1. The number of rotatable bonds is 3. The monoisotopic (exact) mass is 259 g/mol. The number of thiazole rings is 1. The molecule has 0 saturated heterocycles. The normalized spacial score (nSPS) is 13.0. The van der Waals surface area contributed by atoms with Crippen molar-refractivity contribution in [3.05, 3.63) is 33.6 Å². The molecule has 2 nitrogen and oxygen atoms in total. The predicted molar refractivity (Wildman–Crippen MR) is 75.5 cm³/mol. The quantitative estimate of drug-likeness (QED) is 0.834. The lowest BCUT2D eigenvalue weighted by molar-refractivity contribution is 0.415. The van der Waals surface area contributed by atoms with Gasteiger partial charge in [0.25, 0.3) is 0 Å². The van der Waals surface area contributed by atoms with E-state index in [1.54, 1.807) is 7.11 Å². The molecule has 0 fully saturated rings. The van der Waals surface area contributed by atoms with Crippen LogP contribution in [0.2, 0.25) is 0 Å². The second-order valence-corrected chi connectivity index (χ2v) is 5.82. The van der Waals surface area contributed by atoms with Crippen LogP contribution in [0.25, 0.3) is 11.3 Å². The molecule has 0 bridgehead atoms. The summed E-state index contributed by atoms with van der Waals surface area (Å²) in [6, 6.07) is 6.35. The van der Waals surface area contributed by atoms with Crippen LogP contribution in [0.4, 0.5) is 0 Å². The SMILES string of the molecule is CCCc1nc2c(s1)CCc1ccc(OC)cc1-2. The molecule has 1 aromatic heterocycles. The second-order valence-electron chi connectivity index (χ2n) is 4.65. The summed E-state index contributed by atoms with van der Waals surface area (Å²) in [6.07, 6.45) is 4.52. The highest BCUT2D eigenvalue weighted by Crippen LogP contribution is 2.38. The third kappa shape index (κ3) is 1.93. The van der Waals surface area contributed by atoms with E-state index < -0.39 is 0 Å². The van der Waals surface area contributed by atoms with Gasteiger partial charge in [-0.05, 0) is 43.4 Å². The molecule has 0 radical (unpaired) electrons. The molecule has 18 heavy (non-hydrogen) atoms. The summed E-state index contributed by atoms with van der Waals surface area (Å²) in [5, 5.41) is 1.28. The van der Waals surface area contributed by atoms with Crippen molar-refractivity contribution in [3.8, 4) is 17.0 Å². The molecule has 0 spiro atoms. The molecule has 0 saturated carbocycles. The van der Waals surface area contributed by atoms with Crippen molar-refractivity contribution in [2.45, 2.75) is 32.6 Å². The molecule has 3 heteroatoms. The maximum Gasteiger partial charge on any atom is 0.119 e. The predicted octanol–water partition coefficient (Wildman–Crippen LogP) is 3.87. The fourth-order valence-corrected chi connectivity index (χ4v) is 3.65. The summed E-state index contributed by atoms with van der Waals surface area (Å²) < 4.78 is 5.33. The van der Waals surface area contributed by atoms with Gasteiger partial charge in [0.15, 0.2) is 0 Å². The first-order valence-electron chi connectivity index (χ1n) is 6.47. The van der Waals surface area contributed by atoms with E-state index in [0.29, 0.717) is 0 Å². The van der Waals surface area contributed by atoms with Gasteiger partial charge in [-0.25, -0.2) is 4.98 Å². The zero-order chi connectivity index (χ0) is 12.5. The number of fused-ring (bicyclic) bond motifs is 3. The van der Waals surface area contributed by atoms with Gasteiger partial charge in [0.2, 0.25) is 0 Å². The molecule has 1 aromatic carbocycles. The Bertz CT molecular complexity index is 574. The van der Waals surface area contributed by atoms with E-state index in [4.69, 9.17) is 9.72 Å². The van der Waals surface area contributed by atoms with E-state index in [0.717, 1.165) is 31.4 Å². The Labute approximate surface area is 112 Å². The maximum atomic E-state index is 5.33. The van der Waals surface area contributed by atoms with Gasteiger partial charge >= 0.3 is 0 Å². The van der Waals surface area contributed by atoms with Gasteiger partial charge in [0.1, 0.15) is 5.75 Å². The number of nitrogens with zero attached hydrogens (tertiary/aromatic N) is 1. The molecule has 1 aliphatic carbocycles. The second kappa shape index (κ2) is 4.73. The van der Waals surface area contributed by atoms with Crippen molar-refractivity contribution >= 4 is 11.3 Å². The van der Waals surface area contributed by atoms with Gasteiger partial charge < -0.3 is 4.74 Å². The Balaban J connectivity index is 2.08. The summed E-state index contributed by atoms with van der Waals surface area (Å²) in [4.78, 5) is 6.26. The third-order valence-electron chi connectivity index (χ3n) is 3.40.